The van der Waals surface area contributed by atoms with Gasteiger partial charge >= 0.3 is 11.8 Å². The third-order valence-electron chi connectivity index (χ3n) is 4.00. The number of imide groups is 1. The van der Waals surface area contributed by atoms with Crippen LogP contribution in [-0.4, -0.2) is 66.2 Å². The van der Waals surface area contributed by atoms with Gasteiger partial charge in [-0.1, -0.05) is 0 Å². The summed E-state index contributed by atoms with van der Waals surface area (Å²) in [5, 5.41) is 7.90. The average molecular weight is 339 g/mol. The van der Waals surface area contributed by atoms with Crippen LogP contribution in [0.3, 0.4) is 0 Å². The summed E-state index contributed by atoms with van der Waals surface area (Å²) < 4.78 is 0. The zero-order valence-electron chi connectivity index (χ0n) is 13.2. The third-order valence-corrected chi connectivity index (χ3v) is 4.00. The van der Waals surface area contributed by atoms with Gasteiger partial charge in [-0.25, -0.2) is 0 Å². The van der Waals surface area contributed by atoms with E-state index in [4.69, 9.17) is 5.73 Å². The highest BCUT2D eigenvalue weighted by molar-refractivity contribution is 6.38. The standard InChI is InChI=1S/C14H21N5O5/c15-10(20)4-3-9(18-11(21)8-2-1-5-16-8)13(23)19-7-6-17-12(22)14(19)24/h8-9,16H,1-7H2,(H2,15,20)(H,17,22)(H,18,21)/t8-,9-/m0/s1. The minimum absolute atomic E-state index is 0.0219. The molecule has 24 heavy (non-hydrogen) atoms. The first-order valence-corrected chi connectivity index (χ1v) is 7.85. The average Bonchev–Trinajstić information content (AvgIpc) is 3.07. The normalized spacial score (nSPS) is 22.0. The summed E-state index contributed by atoms with van der Waals surface area (Å²) in [7, 11) is 0. The molecule has 5 N–H and O–H groups in total. The first-order chi connectivity index (χ1) is 11.4. The summed E-state index contributed by atoms with van der Waals surface area (Å²) in [6.45, 7) is 0.883. The van der Waals surface area contributed by atoms with E-state index in [1.807, 2.05) is 0 Å². The molecular weight excluding hydrogens is 318 g/mol. The summed E-state index contributed by atoms with van der Waals surface area (Å²) in [5.74, 6) is -3.54. The zero-order chi connectivity index (χ0) is 17.7. The van der Waals surface area contributed by atoms with Gasteiger partial charge in [0.05, 0.1) is 6.04 Å². The molecule has 0 spiro atoms. The number of nitrogens with two attached hydrogens (primary N) is 1. The van der Waals surface area contributed by atoms with Crippen LogP contribution in [0.15, 0.2) is 0 Å². The minimum Gasteiger partial charge on any atom is -0.370 e. The van der Waals surface area contributed by atoms with Gasteiger partial charge < -0.3 is 21.7 Å². The number of piperazine rings is 1. The number of nitrogens with one attached hydrogen (secondary N) is 3. The molecule has 0 aromatic rings. The van der Waals surface area contributed by atoms with Gasteiger partial charge in [-0.05, 0) is 25.8 Å². The largest absolute Gasteiger partial charge is 0.370 e. The lowest BCUT2D eigenvalue weighted by Gasteiger charge is -2.29. The topological polar surface area (TPSA) is 151 Å². The van der Waals surface area contributed by atoms with E-state index >= 15 is 0 Å². The molecule has 0 aliphatic carbocycles. The Labute approximate surface area is 138 Å². The molecule has 10 nitrogen and oxygen atoms in total. The molecule has 0 bridgehead atoms. The van der Waals surface area contributed by atoms with Crippen molar-refractivity contribution in [2.24, 2.45) is 5.73 Å². The van der Waals surface area contributed by atoms with Crippen molar-refractivity contribution < 1.29 is 24.0 Å². The maximum atomic E-state index is 12.6. The molecule has 2 rings (SSSR count). The van der Waals surface area contributed by atoms with Crippen molar-refractivity contribution in [3.63, 3.8) is 0 Å². The molecule has 0 aromatic carbocycles. The third kappa shape index (κ3) is 4.28. The van der Waals surface area contributed by atoms with Crippen LogP contribution in [0, 0.1) is 0 Å². The number of hydrogen-bond donors (Lipinski definition) is 4. The number of hydrogen-bond acceptors (Lipinski definition) is 6. The molecule has 132 valence electrons. The van der Waals surface area contributed by atoms with Crippen LogP contribution in [0.25, 0.3) is 0 Å². The SMILES string of the molecule is NC(=O)CC[C@H](NC(=O)[C@@H]1CCCN1)C(=O)N1CCNC(=O)C1=O. The van der Waals surface area contributed by atoms with E-state index < -0.39 is 35.7 Å². The van der Waals surface area contributed by atoms with Crippen LogP contribution in [0.1, 0.15) is 25.7 Å². The van der Waals surface area contributed by atoms with E-state index in [1.54, 1.807) is 0 Å². The molecule has 2 aliphatic rings. The first kappa shape index (κ1) is 17.9. The number of primary amides is 1. The second-order valence-corrected chi connectivity index (χ2v) is 5.77. The van der Waals surface area contributed by atoms with Gasteiger partial charge in [0.2, 0.25) is 11.8 Å². The fourth-order valence-corrected chi connectivity index (χ4v) is 2.70. The Hall–Kier alpha value is -2.49. The molecule has 0 aromatic heterocycles. The summed E-state index contributed by atoms with van der Waals surface area (Å²) in [5.41, 5.74) is 5.10. The lowest BCUT2D eigenvalue weighted by atomic mass is 10.1. The van der Waals surface area contributed by atoms with Gasteiger partial charge in [0.1, 0.15) is 6.04 Å². The smallest absolute Gasteiger partial charge is 0.318 e. The Balaban J connectivity index is 2.07. The van der Waals surface area contributed by atoms with E-state index in [0.717, 1.165) is 11.3 Å². The molecule has 0 unspecified atom stereocenters. The van der Waals surface area contributed by atoms with Crippen molar-refractivity contribution in [1.82, 2.24) is 20.9 Å². The monoisotopic (exact) mass is 339 g/mol. The highest BCUT2D eigenvalue weighted by atomic mass is 16.2. The molecule has 0 saturated carbocycles. The Bertz CT molecular complexity index is 558. The number of amides is 5. The van der Waals surface area contributed by atoms with Crippen LogP contribution in [0.5, 0.6) is 0 Å². The van der Waals surface area contributed by atoms with E-state index in [9.17, 15) is 24.0 Å². The second kappa shape index (κ2) is 7.86. The van der Waals surface area contributed by atoms with Gasteiger partial charge in [-0.3, -0.25) is 28.9 Å². The number of carbonyl (C=O) groups is 5. The number of carbonyl (C=O) groups excluding carboxylic acids is 5. The van der Waals surface area contributed by atoms with Crippen molar-refractivity contribution >= 4 is 29.5 Å². The van der Waals surface area contributed by atoms with Crippen LogP contribution in [0.4, 0.5) is 0 Å². The van der Waals surface area contributed by atoms with Gasteiger partial charge in [-0.15, -0.1) is 0 Å². The lowest BCUT2D eigenvalue weighted by Crippen LogP contribution is -2.60. The van der Waals surface area contributed by atoms with Crippen LogP contribution >= 0.6 is 0 Å². The van der Waals surface area contributed by atoms with E-state index in [-0.39, 0.29) is 31.8 Å². The Morgan fingerprint density at radius 3 is 2.67 bits per heavy atom. The van der Waals surface area contributed by atoms with Gasteiger partial charge in [0.25, 0.3) is 5.91 Å². The van der Waals surface area contributed by atoms with Gasteiger partial charge in [0, 0.05) is 19.5 Å². The number of rotatable bonds is 6. The van der Waals surface area contributed by atoms with Crippen LogP contribution < -0.4 is 21.7 Å². The van der Waals surface area contributed by atoms with Crippen molar-refractivity contribution in [3.05, 3.63) is 0 Å². The maximum absolute atomic E-state index is 12.6. The van der Waals surface area contributed by atoms with Crippen LogP contribution in [-0.2, 0) is 24.0 Å². The maximum Gasteiger partial charge on any atom is 0.318 e. The van der Waals surface area contributed by atoms with Gasteiger partial charge in [0.15, 0.2) is 0 Å². The van der Waals surface area contributed by atoms with Crippen molar-refractivity contribution in [1.29, 1.82) is 0 Å². The summed E-state index contributed by atoms with van der Waals surface area (Å²) in [6, 6.07) is -1.49. The summed E-state index contributed by atoms with van der Waals surface area (Å²) in [6.07, 6.45) is 1.34. The van der Waals surface area contributed by atoms with E-state index in [2.05, 4.69) is 16.0 Å². The zero-order valence-corrected chi connectivity index (χ0v) is 13.2. The molecule has 2 saturated heterocycles. The number of nitrogens with zero attached hydrogens (tertiary/aromatic N) is 1. The molecular formula is C14H21N5O5. The summed E-state index contributed by atoms with van der Waals surface area (Å²) >= 11 is 0. The lowest BCUT2D eigenvalue weighted by molar-refractivity contribution is -0.156. The Morgan fingerprint density at radius 2 is 2.04 bits per heavy atom. The van der Waals surface area contributed by atoms with Gasteiger partial charge in [-0.2, -0.15) is 0 Å². The van der Waals surface area contributed by atoms with Crippen molar-refractivity contribution in [2.75, 3.05) is 19.6 Å². The highest BCUT2D eigenvalue weighted by Gasteiger charge is 2.36. The molecule has 0 radical (unpaired) electrons. The predicted molar refractivity (Wildman–Crippen MR) is 81.1 cm³/mol. The Morgan fingerprint density at radius 1 is 1.29 bits per heavy atom. The first-order valence-electron chi connectivity index (χ1n) is 7.85. The van der Waals surface area contributed by atoms with Crippen molar-refractivity contribution in [2.45, 2.75) is 37.8 Å². The van der Waals surface area contributed by atoms with E-state index in [0.29, 0.717) is 13.0 Å². The minimum atomic E-state index is -1.08. The molecule has 5 amide bonds. The van der Waals surface area contributed by atoms with Crippen LogP contribution in [0.2, 0.25) is 0 Å². The Kier molecular flexibility index (Phi) is 5.85. The predicted octanol–water partition coefficient (Wildman–Crippen LogP) is -3.03. The molecule has 2 fully saturated rings. The summed E-state index contributed by atoms with van der Waals surface area (Å²) in [4.78, 5) is 59.8. The molecule has 2 heterocycles. The molecule has 10 heteroatoms. The molecule has 2 atom stereocenters. The molecule has 2 aliphatic heterocycles. The highest BCUT2D eigenvalue weighted by Crippen LogP contribution is 2.09. The van der Waals surface area contributed by atoms with E-state index in [1.165, 1.54) is 0 Å². The quantitative estimate of drug-likeness (QED) is 0.378. The fourth-order valence-electron chi connectivity index (χ4n) is 2.70. The van der Waals surface area contributed by atoms with Crippen molar-refractivity contribution in [3.8, 4) is 0 Å². The second-order valence-electron chi connectivity index (χ2n) is 5.77. The fraction of sp³-hybridized carbons (Fsp3) is 0.643.